The highest BCUT2D eigenvalue weighted by Crippen LogP contribution is 2.08. The fourth-order valence-electron chi connectivity index (χ4n) is 1.55. The van der Waals surface area contributed by atoms with Gasteiger partial charge in [-0.25, -0.2) is 0 Å². The molecule has 0 saturated heterocycles. The normalized spacial score (nSPS) is 15.5. The smallest absolute Gasteiger partial charge is 0.130 e. The average molecular weight is 194 g/mol. The highest BCUT2D eigenvalue weighted by Gasteiger charge is 2.21. The lowest BCUT2D eigenvalue weighted by atomic mass is 10.0. The minimum Gasteiger partial charge on any atom is -0.374 e. The zero-order valence-corrected chi connectivity index (χ0v) is 8.77. The Kier molecular flexibility index (Phi) is 3.63. The maximum Gasteiger partial charge on any atom is 0.130 e. The van der Waals surface area contributed by atoms with E-state index in [0.717, 1.165) is 5.56 Å². The zero-order chi connectivity index (χ0) is 10.6. The summed E-state index contributed by atoms with van der Waals surface area (Å²) in [5.74, 6) is 0. The second-order valence-electron chi connectivity index (χ2n) is 4.00. The van der Waals surface area contributed by atoms with Crippen molar-refractivity contribution in [1.82, 2.24) is 4.90 Å². The van der Waals surface area contributed by atoms with Crippen LogP contribution in [0.5, 0.6) is 0 Å². The largest absolute Gasteiger partial charge is 0.374 e. The Morgan fingerprint density at radius 1 is 1.29 bits per heavy atom. The number of hydrogen-bond acceptors (Lipinski definition) is 3. The molecule has 0 aliphatic heterocycles. The Bertz CT molecular complexity index is 270. The first-order valence-corrected chi connectivity index (χ1v) is 4.69. The number of nitrogens with zero attached hydrogens (tertiary/aromatic N) is 1. The van der Waals surface area contributed by atoms with E-state index in [0.29, 0.717) is 13.0 Å². The third-order valence-electron chi connectivity index (χ3n) is 1.94. The van der Waals surface area contributed by atoms with E-state index in [1.165, 1.54) is 0 Å². The molecule has 0 saturated carbocycles. The van der Waals surface area contributed by atoms with Gasteiger partial charge in [-0.3, -0.25) is 0 Å². The molecule has 78 valence electrons. The molecule has 0 amide bonds. The zero-order valence-electron chi connectivity index (χ0n) is 8.77. The van der Waals surface area contributed by atoms with Crippen LogP contribution in [0.2, 0.25) is 0 Å². The lowest BCUT2D eigenvalue weighted by Crippen LogP contribution is -2.50. The van der Waals surface area contributed by atoms with E-state index in [1.807, 2.05) is 49.3 Å². The first kappa shape index (κ1) is 11.2. The van der Waals surface area contributed by atoms with Crippen LogP contribution in [0.1, 0.15) is 5.56 Å². The molecule has 0 aliphatic carbocycles. The van der Waals surface area contributed by atoms with E-state index in [4.69, 9.17) is 5.73 Å². The van der Waals surface area contributed by atoms with Gasteiger partial charge in [0.2, 0.25) is 0 Å². The summed E-state index contributed by atoms with van der Waals surface area (Å²) in [5, 5.41) is 9.87. The van der Waals surface area contributed by atoms with Crippen LogP contribution >= 0.6 is 0 Å². The molecule has 0 bridgehead atoms. The molecule has 3 N–H and O–H groups in total. The number of hydrogen-bond donors (Lipinski definition) is 2. The first-order chi connectivity index (χ1) is 6.49. The molecule has 1 rings (SSSR count). The van der Waals surface area contributed by atoms with Crippen LogP contribution in [-0.2, 0) is 6.42 Å². The fraction of sp³-hybridized carbons (Fsp3) is 0.455. The van der Waals surface area contributed by atoms with Crippen LogP contribution in [0, 0.1) is 0 Å². The molecule has 1 aromatic rings. The van der Waals surface area contributed by atoms with Gasteiger partial charge in [-0.1, -0.05) is 30.3 Å². The molecular formula is C11H18N2O. The van der Waals surface area contributed by atoms with Crippen LogP contribution in [0.25, 0.3) is 0 Å². The number of rotatable bonds is 4. The molecule has 1 unspecified atom stereocenters. The van der Waals surface area contributed by atoms with Gasteiger partial charge in [-0.15, -0.1) is 0 Å². The summed E-state index contributed by atoms with van der Waals surface area (Å²) in [5.41, 5.74) is 5.67. The molecule has 3 nitrogen and oxygen atoms in total. The Balaban J connectivity index is 2.59. The van der Waals surface area contributed by atoms with Crippen molar-refractivity contribution in [2.45, 2.75) is 12.1 Å². The summed E-state index contributed by atoms with van der Waals surface area (Å²) in [6.45, 7) is 0.460. The monoisotopic (exact) mass is 194 g/mol. The molecule has 1 aromatic carbocycles. The van der Waals surface area contributed by atoms with Crippen molar-refractivity contribution in [2.75, 3.05) is 20.6 Å². The van der Waals surface area contributed by atoms with Gasteiger partial charge in [0.25, 0.3) is 0 Å². The average Bonchev–Trinajstić information content (AvgIpc) is 2.02. The molecule has 14 heavy (non-hydrogen) atoms. The minimum atomic E-state index is -1.15. The Labute approximate surface area is 85.2 Å². The summed E-state index contributed by atoms with van der Waals surface area (Å²) in [4.78, 5) is 1.88. The summed E-state index contributed by atoms with van der Waals surface area (Å²) >= 11 is 0. The van der Waals surface area contributed by atoms with Gasteiger partial charge in [-0.05, 0) is 19.7 Å². The van der Waals surface area contributed by atoms with Crippen molar-refractivity contribution in [3.05, 3.63) is 35.9 Å². The lowest BCUT2D eigenvalue weighted by molar-refractivity contribution is 0.0220. The van der Waals surface area contributed by atoms with Gasteiger partial charge >= 0.3 is 0 Å². The van der Waals surface area contributed by atoms with E-state index in [2.05, 4.69) is 0 Å². The summed E-state index contributed by atoms with van der Waals surface area (Å²) in [6, 6.07) is 9.77. The van der Waals surface area contributed by atoms with Crippen molar-refractivity contribution in [1.29, 1.82) is 0 Å². The van der Waals surface area contributed by atoms with Crippen LogP contribution in [0.4, 0.5) is 0 Å². The van der Waals surface area contributed by atoms with E-state index >= 15 is 0 Å². The van der Waals surface area contributed by atoms with Crippen molar-refractivity contribution in [3.8, 4) is 0 Å². The van der Waals surface area contributed by atoms with E-state index < -0.39 is 5.72 Å². The predicted molar refractivity (Wildman–Crippen MR) is 57.8 cm³/mol. The van der Waals surface area contributed by atoms with E-state index in [9.17, 15) is 5.11 Å². The second kappa shape index (κ2) is 4.55. The first-order valence-electron chi connectivity index (χ1n) is 4.69. The maximum atomic E-state index is 9.87. The second-order valence-corrected chi connectivity index (χ2v) is 4.00. The molecule has 1 atom stereocenters. The van der Waals surface area contributed by atoms with Crippen molar-refractivity contribution in [2.24, 2.45) is 5.73 Å². The van der Waals surface area contributed by atoms with Gasteiger partial charge in [0.15, 0.2) is 0 Å². The van der Waals surface area contributed by atoms with Crippen molar-refractivity contribution in [3.63, 3.8) is 0 Å². The number of nitrogens with two attached hydrogens (primary N) is 1. The van der Waals surface area contributed by atoms with Crippen molar-refractivity contribution < 1.29 is 5.11 Å². The number of aliphatic hydroxyl groups is 1. The van der Waals surface area contributed by atoms with Crippen LogP contribution < -0.4 is 5.73 Å². The topological polar surface area (TPSA) is 49.5 Å². The van der Waals surface area contributed by atoms with E-state index in [1.54, 1.807) is 0 Å². The Hall–Kier alpha value is -0.900. The van der Waals surface area contributed by atoms with Gasteiger partial charge < -0.3 is 15.7 Å². The Morgan fingerprint density at radius 3 is 2.36 bits per heavy atom. The van der Waals surface area contributed by atoms with Crippen LogP contribution in [0.15, 0.2) is 30.3 Å². The summed E-state index contributed by atoms with van der Waals surface area (Å²) < 4.78 is 0. The Morgan fingerprint density at radius 2 is 1.86 bits per heavy atom. The van der Waals surface area contributed by atoms with Crippen LogP contribution in [-0.4, -0.2) is 36.4 Å². The minimum absolute atomic E-state index is 0.460. The van der Waals surface area contributed by atoms with Crippen molar-refractivity contribution >= 4 is 0 Å². The molecule has 0 spiro atoms. The van der Waals surface area contributed by atoms with Crippen LogP contribution in [0.3, 0.4) is 0 Å². The molecule has 0 heterocycles. The summed E-state index contributed by atoms with van der Waals surface area (Å²) in [7, 11) is 3.78. The molecule has 3 heteroatoms. The molecule has 0 fully saturated rings. The molecule has 0 aliphatic rings. The standard InChI is InChI=1S/C11H18N2O/c1-13(2)9-11(12,14)8-10-6-4-3-5-7-10/h3-7,14H,8-9,12H2,1-2H3. The molecule has 0 aromatic heterocycles. The molecule has 0 radical (unpaired) electrons. The quantitative estimate of drug-likeness (QED) is 0.684. The predicted octanol–water partition coefficient (Wildman–Crippen LogP) is 0.438. The third kappa shape index (κ3) is 3.87. The highest BCUT2D eigenvalue weighted by molar-refractivity contribution is 5.16. The lowest BCUT2D eigenvalue weighted by Gasteiger charge is -2.26. The summed E-state index contributed by atoms with van der Waals surface area (Å²) in [6.07, 6.45) is 0.478. The number of likely N-dealkylation sites (N-methyl/N-ethyl adjacent to an activating group) is 1. The fourth-order valence-corrected chi connectivity index (χ4v) is 1.55. The van der Waals surface area contributed by atoms with Gasteiger partial charge in [0, 0.05) is 13.0 Å². The van der Waals surface area contributed by atoms with E-state index in [-0.39, 0.29) is 0 Å². The maximum absolute atomic E-state index is 9.87. The highest BCUT2D eigenvalue weighted by atomic mass is 16.3. The number of benzene rings is 1. The van der Waals surface area contributed by atoms with Gasteiger partial charge in [0.1, 0.15) is 5.72 Å². The SMILES string of the molecule is CN(C)CC(N)(O)Cc1ccccc1. The third-order valence-corrected chi connectivity index (χ3v) is 1.94. The van der Waals surface area contributed by atoms with Gasteiger partial charge in [-0.2, -0.15) is 0 Å². The van der Waals surface area contributed by atoms with Gasteiger partial charge in [0.05, 0.1) is 0 Å². The molecular weight excluding hydrogens is 176 g/mol.